The second-order valence-corrected chi connectivity index (χ2v) is 8.26. The van der Waals surface area contributed by atoms with Crippen molar-refractivity contribution >= 4 is 6.09 Å². The summed E-state index contributed by atoms with van der Waals surface area (Å²) < 4.78 is 5.51. The van der Waals surface area contributed by atoms with Gasteiger partial charge in [-0.2, -0.15) is 0 Å². The molecule has 0 saturated carbocycles. The lowest BCUT2D eigenvalue weighted by Gasteiger charge is -2.41. The molecule has 3 atom stereocenters. The molecule has 134 valence electrons. The average Bonchev–Trinajstić information content (AvgIpc) is 2.67. The van der Waals surface area contributed by atoms with Crippen molar-refractivity contribution in [1.82, 2.24) is 15.3 Å². The smallest absolute Gasteiger partial charge is 0.410 e. The second-order valence-electron chi connectivity index (χ2n) is 8.26. The molecule has 5 heteroatoms. The standard InChI is InChI=1S/C18H35N3O2/c1-14-8-6-9-15(2)21(14)19-16-10-7-12-20(13-11-16)17(22)23-18(3,4)5/h14-16,19H,6-13H2,1-5H3. The molecular formula is C18H35N3O2. The van der Waals surface area contributed by atoms with Crippen LogP contribution in [0.3, 0.4) is 0 Å². The van der Waals surface area contributed by atoms with Gasteiger partial charge in [-0.3, -0.25) is 5.43 Å². The lowest BCUT2D eigenvalue weighted by molar-refractivity contribution is 0.0213. The maximum Gasteiger partial charge on any atom is 0.410 e. The summed E-state index contributed by atoms with van der Waals surface area (Å²) in [4.78, 5) is 14.1. The van der Waals surface area contributed by atoms with Crippen LogP contribution >= 0.6 is 0 Å². The van der Waals surface area contributed by atoms with Crippen molar-refractivity contribution in [3.05, 3.63) is 0 Å². The zero-order chi connectivity index (χ0) is 17.0. The molecule has 0 bridgehead atoms. The number of likely N-dealkylation sites (tertiary alicyclic amines) is 1. The third kappa shape index (κ3) is 5.64. The van der Waals surface area contributed by atoms with Gasteiger partial charge < -0.3 is 9.64 Å². The summed E-state index contributed by atoms with van der Waals surface area (Å²) in [6.07, 6.45) is 6.86. The quantitative estimate of drug-likeness (QED) is 0.843. The molecule has 2 fully saturated rings. The summed E-state index contributed by atoms with van der Waals surface area (Å²) in [6, 6.07) is 1.67. The van der Waals surface area contributed by atoms with E-state index in [-0.39, 0.29) is 6.09 Å². The van der Waals surface area contributed by atoms with Crippen LogP contribution in [0.4, 0.5) is 4.79 Å². The number of ether oxygens (including phenoxy) is 1. The summed E-state index contributed by atoms with van der Waals surface area (Å²) in [5.74, 6) is 0. The van der Waals surface area contributed by atoms with Gasteiger partial charge in [0.15, 0.2) is 0 Å². The minimum atomic E-state index is -0.417. The summed E-state index contributed by atoms with van der Waals surface area (Å²) >= 11 is 0. The monoisotopic (exact) mass is 325 g/mol. The maximum atomic E-state index is 12.2. The molecule has 0 aromatic heterocycles. The molecule has 5 nitrogen and oxygen atoms in total. The maximum absolute atomic E-state index is 12.2. The third-order valence-electron chi connectivity index (χ3n) is 4.90. The molecule has 0 aliphatic carbocycles. The summed E-state index contributed by atoms with van der Waals surface area (Å²) in [5.41, 5.74) is 3.34. The van der Waals surface area contributed by atoms with Crippen LogP contribution in [0.15, 0.2) is 0 Å². The predicted molar refractivity (Wildman–Crippen MR) is 93.2 cm³/mol. The number of piperidine rings is 1. The van der Waals surface area contributed by atoms with Crippen LogP contribution in [0.1, 0.15) is 73.1 Å². The number of hydrazine groups is 1. The molecule has 0 aromatic carbocycles. The molecule has 23 heavy (non-hydrogen) atoms. The Kier molecular flexibility index (Phi) is 6.32. The van der Waals surface area contributed by atoms with E-state index in [0.29, 0.717) is 18.1 Å². The van der Waals surface area contributed by atoms with E-state index in [1.807, 2.05) is 25.7 Å². The van der Waals surface area contributed by atoms with Gasteiger partial charge in [0.2, 0.25) is 0 Å². The molecule has 0 radical (unpaired) electrons. The first-order valence-electron chi connectivity index (χ1n) is 9.28. The first-order valence-corrected chi connectivity index (χ1v) is 9.28. The summed E-state index contributed by atoms with van der Waals surface area (Å²) in [6.45, 7) is 12.0. The van der Waals surface area contributed by atoms with Gasteiger partial charge in [-0.25, -0.2) is 9.80 Å². The van der Waals surface area contributed by atoms with Crippen molar-refractivity contribution in [3.8, 4) is 0 Å². The van der Waals surface area contributed by atoms with Crippen LogP contribution in [0, 0.1) is 0 Å². The topological polar surface area (TPSA) is 44.8 Å². The largest absolute Gasteiger partial charge is 0.444 e. The van der Waals surface area contributed by atoms with Crippen LogP contribution in [-0.2, 0) is 4.74 Å². The molecule has 0 aromatic rings. The number of rotatable bonds is 2. The SMILES string of the molecule is CC1CCCC(C)N1NC1CCCN(C(=O)OC(C)(C)C)CC1. The van der Waals surface area contributed by atoms with Crippen LogP contribution in [0.25, 0.3) is 0 Å². The fourth-order valence-electron chi connectivity index (χ4n) is 3.62. The fourth-order valence-corrected chi connectivity index (χ4v) is 3.62. The lowest BCUT2D eigenvalue weighted by atomic mass is 9.99. The van der Waals surface area contributed by atoms with Crippen molar-refractivity contribution in [1.29, 1.82) is 0 Å². The Hall–Kier alpha value is -0.810. The van der Waals surface area contributed by atoms with Gasteiger partial charge in [-0.1, -0.05) is 6.42 Å². The average molecular weight is 325 g/mol. The Bertz CT molecular complexity index is 384. The number of carbonyl (C=O) groups excluding carboxylic acids is 1. The van der Waals surface area contributed by atoms with E-state index in [4.69, 9.17) is 4.74 Å². The zero-order valence-electron chi connectivity index (χ0n) is 15.6. The summed E-state index contributed by atoms with van der Waals surface area (Å²) in [7, 11) is 0. The van der Waals surface area contributed by atoms with Crippen LogP contribution in [0.2, 0.25) is 0 Å². The molecule has 1 amide bonds. The molecule has 3 unspecified atom stereocenters. The van der Waals surface area contributed by atoms with E-state index in [9.17, 15) is 4.79 Å². The van der Waals surface area contributed by atoms with Crippen LogP contribution < -0.4 is 5.43 Å². The normalized spacial score (nSPS) is 30.8. The Morgan fingerprint density at radius 3 is 2.26 bits per heavy atom. The highest BCUT2D eigenvalue weighted by molar-refractivity contribution is 5.68. The highest BCUT2D eigenvalue weighted by atomic mass is 16.6. The van der Waals surface area contributed by atoms with Crippen molar-refractivity contribution in [2.24, 2.45) is 0 Å². The molecule has 2 heterocycles. The van der Waals surface area contributed by atoms with Crippen LogP contribution in [-0.4, -0.2) is 52.8 Å². The number of nitrogens with one attached hydrogen (secondary N) is 1. The fraction of sp³-hybridized carbons (Fsp3) is 0.944. The third-order valence-corrected chi connectivity index (χ3v) is 4.90. The molecule has 1 N–H and O–H groups in total. The first-order chi connectivity index (χ1) is 10.8. The Labute approximate surface area is 141 Å². The highest BCUT2D eigenvalue weighted by Gasteiger charge is 2.29. The van der Waals surface area contributed by atoms with Gasteiger partial charge in [0.25, 0.3) is 0 Å². The number of hydrogen-bond donors (Lipinski definition) is 1. The van der Waals surface area contributed by atoms with E-state index in [0.717, 1.165) is 32.4 Å². The van der Waals surface area contributed by atoms with Gasteiger partial charge in [0.1, 0.15) is 5.60 Å². The van der Waals surface area contributed by atoms with Crippen molar-refractivity contribution < 1.29 is 9.53 Å². The number of carbonyl (C=O) groups is 1. The zero-order valence-corrected chi connectivity index (χ0v) is 15.6. The number of hydrogen-bond acceptors (Lipinski definition) is 4. The van der Waals surface area contributed by atoms with Gasteiger partial charge in [0, 0.05) is 31.2 Å². The Balaban J connectivity index is 1.85. The van der Waals surface area contributed by atoms with E-state index in [1.165, 1.54) is 19.3 Å². The van der Waals surface area contributed by atoms with E-state index in [1.54, 1.807) is 0 Å². The number of amides is 1. The summed E-state index contributed by atoms with van der Waals surface area (Å²) in [5, 5.41) is 2.46. The highest BCUT2D eigenvalue weighted by Crippen LogP contribution is 2.22. The molecule has 2 aliphatic rings. The Morgan fingerprint density at radius 1 is 1.00 bits per heavy atom. The van der Waals surface area contributed by atoms with E-state index < -0.39 is 5.60 Å². The van der Waals surface area contributed by atoms with E-state index in [2.05, 4.69) is 24.3 Å². The van der Waals surface area contributed by atoms with Gasteiger partial charge in [-0.15, -0.1) is 0 Å². The molecular weight excluding hydrogens is 290 g/mol. The van der Waals surface area contributed by atoms with Gasteiger partial charge in [-0.05, 0) is 66.7 Å². The van der Waals surface area contributed by atoms with Crippen molar-refractivity contribution in [3.63, 3.8) is 0 Å². The molecule has 2 rings (SSSR count). The minimum absolute atomic E-state index is 0.169. The second kappa shape index (κ2) is 7.84. The lowest BCUT2D eigenvalue weighted by Crippen LogP contribution is -2.55. The van der Waals surface area contributed by atoms with E-state index >= 15 is 0 Å². The van der Waals surface area contributed by atoms with Crippen LogP contribution in [0.5, 0.6) is 0 Å². The molecule has 0 spiro atoms. The predicted octanol–water partition coefficient (Wildman–Crippen LogP) is 3.54. The number of nitrogens with zero attached hydrogens (tertiary/aromatic N) is 2. The van der Waals surface area contributed by atoms with Crippen molar-refractivity contribution in [2.45, 2.75) is 96.9 Å². The van der Waals surface area contributed by atoms with Crippen molar-refractivity contribution in [2.75, 3.05) is 13.1 Å². The van der Waals surface area contributed by atoms with Gasteiger partial charge in [0.05, 0.1) is 0 Å². The van der Waals surface area contributed by atoms with Gasteiger partial charge >= 0.3 is 6.09 Å². The Morgan fingerprint density at radius 2 is 1.65 bits per heavy atom. The molecule has 2 saturated heterocycles. The molecule has 2 aliphatic heterocycles. The minimum Gasteiger partial charge on any atom is -0.444 e. The first kappa shape index (κ1) is 18.5.